The highest BCUT2D eigenvalue weighted by atomic mass is 79.9. The van der Waals surface area contributed by atoms with Gasteiger partial charge in [0.05, 0.1) is 5.69 Å². The summed E-state index contributed by atoms with van der Waals surface area (Å²) < 4.78 is 6.37. The Hall–Kier alpha value is -0.610. The zero-order valence-electron chi connectivity index (χ0n) is 7.21. The summed E-state index contributed by atoms with van der Waals surface area (Å²) in [6.45, 7) is 0. The van der Waals surface area contributed by atoms with E-state index in [9.17, 15) is 0 Å². The van der Waals surface area contributed by atoms with Crippen molar-refractivity contribution >= 4 is 31.9 Å². The van der Waals surface area contributed by atoms with Crippen molar-refractivity contribution in [3.63, 3.8) is 0 Å². The molecule has 0 radical (unpaired) electrons. The van der Waals surface area contributed by atoms with E-state index in [2.05, 4.69) is 36.8 Å². The molecule has 0 spiro atoms. The van der Waals surface area contributed by atoms with Crippen LogP contribution in [0.3, 0.4) is 0 Å². The molecule has 0 atom stereocenters. The maximum atomic E-state index is 5.33. The fourth-order valence-electron chi connectivity index (χ4n) is 1.09. The van der Waals surface area contributed by atoms with E-state index < -0.39 is 0 Å². The number of aromatic nitrogens is 1. The standard InChI is InChI=1S/C10H7Br2NO/c11-5-9-6-14-10(13-9)7-1-3-8(12)4-2-7/h1-4,6H,5H2. The summed E-state index contributed by atoms with van der Waals surface area (Å²) in [5, 5.41) is 0.715. The first-order chi connectivity index (χ1) is 6.79. The number of oxazole rings is 1. The second-order valence-electron chi connectivity index (χ2n) is 2.78. The van der Waals surface area contributed by atoms with Crippen LogP contribution < -0.4 is 0 Å². The van der Waals surface area contributed by atoms with Crippen LogP contribution in [0.4, 0.5) is 0 Å². The zero-order chi connectivity index (χ0) is 9.97. The Bertz CT molecular complexity index is 422. The summed E-state index contributed by atoms with van der Waals surface area (Å²) in [6, 6.07) is 7.86. The minimum Gasteiger partial charge on any atom is -0.444 e. The topological polar surface area (TPSA) is 26.0 Å². The Kier molecular flexibility index (Phi) is 3.03. The van der Waals surface area contributed by atoms with Crippen LogP contribution in [0.15, 0.2) is 39.4 Å². The smallest absolute Gasteiger partial charge is 0.226 e. The molecule has 4 heteroatoms. The summed E-state index contributed by atoms with van der Waals surface area (Å²) in [7, 11) is 0. The van der Waals surface area contributed by atoms with Crippen molar-refractivity contribution in [3.8, 4) is 11.5 Å². The molecule has 2 rings (SSSR count). The van der Waals surface area contributed by atoms with Crippen molar-refractivity contribution in [3.05, 3.63) is 40.7 Å². The molecule has 14 heavy (non-hydrogen) atoms. The van der Waals surface area contributed by atoms with Crippen LogP contribution in [0.1, 0.15) is 5.69 Å². The fraction of sp³-hybridized carbons (Fsp3) is 0.100. The summed E-state index contributed by atoms with van der Waals surface area (Å²) in [6.07, 6.45) is 1.66. The summed E-state index contributed by atoms with van der Waals surface area (Å²) in [5.74, 6) is 0.659. The Morgan fingerprint density at radius 3 is 2.50 bits per heavy atom. The molecule has 0 unspecified atom stereocenters. The largest absolute Gasteiger partial charge is 0.444 e. The second-order valence-corrected chi connectivity index (χ2v) is 4.26. The zero-order valence-corrected chi connectivity index (χ0v) is 10.4. The van der Waals surface area contributed by atoms with Crippen LogP contribution in [0.25, 0.3) is 11.5 Å². The molecule has 2 nitrogen and oxygen atoms in total. The summed E-state index contributed by atoms with van der Waals surface area (Å²) in [4.78, 5) is 4.30. The average molecular weight is 317 g/mol. The van der Waals surface area contributed by atoms with Gasteiger partial charge in [0.25, 0.3) is 0 Å². The molecular formula is C10H7Br2NO. The van der Waals surface area contributed by atoms with E-state index in [4.69, 9.17) is 4.42 Å². The number of benzene rings is 1. The van der Waals surface area contributed by atoms with E-state index >= 15 is 0 Å². The predicted molar refractivity (Wildman–Crippen MR) is 62.3 cm³/mol. The summed E-state index contributed by atoms with van der Waals surface area (Å²) in [5.41, 5.74) is 1.89. The van der Waals surface area contributed by atoms with Crippen LogP contribution in [-0.2, 0) is 5.33 Å². The first-order valence-corrected chi connectivity index (χ1v) is 5.97. The van der Waals surface area contributed by atoms with E-state index in [0.29, 0.717) is 11.2 Å². The monoisotopic (exact) mass is 315 g/mol. The lowest BCUT2D eigenvalue weighted by atomic mass is 10.2. The molecule has 0 bridgehead atoms. The Labute approximate surface area is 98.6 Å². The number of rotatable bonds is 2. The average Bonchev–Trinajstić information content (AvgIpc) is 2.67. The van der Waals surface area contributed by atoms with Crippen molar-refractivity contribution in [1.82, 2.24) is 4.98 Å². The maximum absolute atomic E-state index is 5.33. The van der Waals surface area contributed by atoms with Gasteiger partial charge in [0, 0.05) is 15.4 Å². The van der Waals surface area contributed by atoms with Gasteiger partial charge < -0.3 is 4.42 Å². The Morgan fingerprint density at radius 2 is 1.93 bits per heavy atom. The van der Waals surface area contributed by atoms with E-state index in [0.717, 1.165) is 15.7 Å². The molecule has 1 aromatic heterocycles. The molecule has 0 saturated heterocycles. The SMILES string of the molecule is BrCc1coc(-c2ccc(Br)cc2)n1. The minimum atomic E-state index is 0.659. The molecule has 0 saturated carbocycles. The molecule has 2 aromatic rings. The van der Waals surface area contributed by atoms with Crippen molar-refractivity contribution in [2.45, 2.75) is 5.33 Å². The predicted octanol–water partition coefficient (Wildman–Crippen LogP) is 4.00. The van der Waals surface area contributed by atoms with E-state index in [1.54, 1.807) is 6.26 Å². The lowest BCUT2D eigenvalue weighted by molar-refractivity contribution is 0.573. The van der Waals surface area contributed by atoms with Crippen molar-refractivity contribution in [2.75, 3.05) is 0 Å². The van der Waals surface area contributed by atoms with Crippen molar-refractivity contribution < 1.29 is 4.42 Å². The van der Waals surface area contributed by atoms with Gasteiger partial charge in [-0.1, -0.05) is 31.9 Å². The molecule has 72 valence electrons. The molecule has 0 aliphatic rings. The molecule has 0 aliphatic carbocycles. The van der Waals surface area contributed by atoms with Crippen molar-refractivity contribution in [1.29, 1.82) is 0 Å². The van der Waals surface area contributed by atoms with Gasteiger partial charge in [-0.3, -0.25) is 0 Å². The minimum absolute atomic E-state index is 0.659. The number of alkyl halides is 1. The Morgan fingerprint density at radius 1 is 1.21 bits per heavy atom. The lowest BCUT2D eigenvalue weighted by Crippen LogP contribution is -1.79. The first-order valence-electron chi connectivity index (χ1n) is 4.06. The van der Waals surface area contributed by atoms with E-state index in [1.165, 1.54) is 0 Å². The van der Waals surface area contributed by atoms with Gasteiger partial charge in [-0.05, 0) is 24.3 Å². The molecular weight excluding hydrogens is 310 g/mol. The first kappa shape index (κ1) is 9.93. The molecule has 0 aliphatic heterocycles. The highest BCUT2D eigenvalue weighted by Gasteiger charge is 2.04. The van der Waals surface area contributed by atoms with Gasteiger partial charge in [0.2, 0.25) is 5.89 Å². The third kappa shape index (κ3) is 2.07. The molecule has 0 fully saturated rings. The normalized spacial score (nSPS) is 10.4. The van der Waals surface area contributed by atoms with Gasteiger partial charge in [0.15, 0.2) is 0 Å². The Balaban J connectivity index is 2.34. The van der Waals surface area contributed by atoms with Gasteiger partial charge >= 0.3 is 0 Å². The fourth-order valence-corrected chi connectivity index (χ4v) is 1.62. The van der Waals surface area contributed by atoms with E-state index in [1.807, 2.05) is 24.3 Å². The molecule has 0 N–H and O–H groups in total. The van der Waals surface area contributed by atoms with E-state index in [-0.39, 0.29) is 0 Å². The highest BCUT2D eigenvalue weighted by molar-refractivity contribution is 9.10. The molecule has 1 aromatic carbocycles. The van der Waals surface area contributed by atoms with Crippen LogP contribution in [-0.4, -0.2) is 4.98 Å². The van der Waals surface area contributed by atoms with Gasteiger partial charge in [-0.2, -0.15) is 0 Å². The molecule has 1 heterocycles. The molecule has 0 amide bonds. The van der Waals surface area contributed by atoms with Gasteiger partial charge in [-0.25, -0.2) is 4.98 Å². The summed E-state index contributed by atoms with van der Waals surface area (Å²) >= 11 is 6.70. The third-order valence-electron chi connectivity index (χ3n) is 1.78. The number of nitrogens with zero attached hydrogens (tertiary/aromatic N) is 1. The highest BCUT2D eigenvalue weighted by Crippen LogP contribution is 2.21. The number of hydrogen-bond donors (Lipinski definition) is 0. The van der Waals surface area contributed by atoms with Gasteiger partial charge in [-0.15, -0.1) is 0 Å². The van der Waals surface area contributed by atoms with Crippen LogP contribution >= 0.6 is 31.9 Å². The lowest BCUT2D eigenvalue weighted by Gasteiger charge is -1.94. The third-order valence-corrected chi connectivity index (χ3v) is 2.88. The van der Waals surface area contributed by atoms with Crippen molar-refractivity contribution in [2.24, 2.45) is 0 Å². The quantitative estimate of drug-likeness (QED) is 0.783. The van der Waals surface area contributed by atoms with Gasteiger partial charge in [0.1, 0.15) is 6.26 Å². The number of hydrogen-bond acceptors (Lipinski definition) is 2. The van der Waals surface area contributed by atoms with Crippen LogP contribution in [0.2, 0.25) is 0 Å². The van der Waals surface area contributed by atoms with Crippen LogP contribution in [0, 0.1) is 0 Å². The number of halogens is 2. The second kappa shape index (κ2) is 4.28. The maximum Gasteiger partial charge on any atom is 0.226 e. The van der Waals surface area contributed by atoms with Crippen LogP contribution in [0.5, 0.6) is 0 Å².